The van der Waals surface area contributed by atoms with Gasteiger partial charge in [0, 0.05) is 11.2 Å². The number of benzene rings is 1. The second-order valence-electron chi connectivity index (χ2n) is 4.68. The van der Waals surface area contributed by atoms with Crippen LogP contribution in [0.15, 0.2) is 18.3 Å². The van der Waals surface area contributed by atoms with Crippen molar-refractivity contribution in [1.82, 2.24) is 15.3 Å². The Balaban J connectivity index is 2.25. The van der Waals surface area contributed by atoms with Gasteiger partial charge in [0.2, 0.25) is 0 Å². The molecular weight excluding hydrogens is 379 g/mol. The van der Waals surface area contributed by atoms with Crippen LogP contribution in [0.2, 0.25) is 15.1 Å². The summed E-state index contributed by atoms with van der Waals surface area (Å²) >= 11 is 18.1. The summed E-state index contributed by atoms with van der Waals surface area (Å²) in [5.74, 6) is -1.12. The molecule has 1 aromatic heterocycles. The Labute approximate surface area is 152 Å². The summed E-state index contributed by atoms with van der Waals surface area (Å²) < 4.78 is 1.36. The maximum atomic E-state index is 10.7. The summed E-state index contributed by atoms with van der Waals surface area (Å²) in [6.45, 7) is 1.39. The lowest BCUT2D eigenvalue weighted by Crippen LogP contribution is -2.28. The number of nitriles is 1. The number of hydrogen-bond donors (Lipinski definition) is 2. The van der Waals surface area contributed by atoms with Crippen molar-refractivity contribution in [2.75, 3.05) is 0 Å². The fourth-order valence-electron chi connectivity index (χ4n) is 1.79. The molecule has 1 unspecified atom stereocenters. The van der Waals surface area contributed by atoms with Gasteiger partial charge in [-0.25, -0.2) is 9.48 Å². The number of nitrogens with one attached hydrogen (secondary N) is 1. The first kappa shape index (κ1) is 18.5. The fourth-order valence-corrected chi connectivity index (χ4v) is 2.78. The molecule has 126 valence electrons. The Morgan fingerprint density at radius 2 is 2.08 bits per heavy atom. The third kappa shape index (κ3) is 4.17. The maximum absolute atomic E-state index is 10.7. The van der Waals surface area contributed by atoms with E-state index < -0.39 is 12.1 Å². The van der Waals surface area contributed by atoms with Crippen molar-refractivity contribution in [3.05, 3.63) is 44.7 Å². The Morgan fingerprint density at radius 3 is 2.62 bits per heavy atom. The topological polar surface area (TPSA) is 100 Å². The van der Waals surface area contributed by atoms with Gasteiger partial charge >= 0.3 is 5.97 Å². The Kier molecular flexibility index (Phi) is 6.04. The van der Waals surface area contributed by atoms with E-state index >= 15 is 0 Å². The van der Waals surface area contributed by atoms with E-state index in [1.54, 1.807) is 0 Å². The van der Waals surface area contributed by atoms with Crippen molar-refractivity contribution in [2.45, 2.75) is 19.6 Å². The molecule has 7 nitrogen and oxygen atoms in total. The van der Waals surface area contributed by atoms with Gasteiger partial charge in [-0.1, -0.05) is 34.8 Å². The highest BCUT2D eigenvalue weighted by Gasteiger charge is 2.16. The van der Waals surface area contributed by atoms with Crippen molar-refractivity contribution in [1.29, 1.82) is 5.26 Å². The average Bonchev–Trinajstić information content (AvgIpc) is 2.88. The van der Waals surface area contributed by atoms with Gasteiger partial charge in [-0.3, -0.25) is 4.84 Å². The van der Waals surface area contributed by atoms with Gasteiger partial charge in [0.05, 0.1) is 27.8 Å². The van der Waals surface area contributed by atoms with Crippen LogP contribution >= 0.6 is 34.8 Å². The highest BCUT2D eigenvalue weighted by molar-refractivity contribution is 6.40. The molecule has 10 heteroatoms. The molecule has 0 aliphatic carbocycles. The van der Waals surface area contributed by atoms with Crippen LogP contribution in [-0.2, 0) is 16.2 Å². The smallest absolute Gasteiger partial charge is 0.334 e. The van der Waals surface area contributed by atoms with E-state index in [-0.39, 0.29) is 22.2 Å². The minimum Gasteiger partial charge on any atom is -0.479 e. The van der Waals surface area contributed by atoms with Crippen molar-refractivity contribution in [2.24, 2.45) is 0 Å². The van der Waals surface area contributed by atoms with Crippen LogP contribution in [0, 0.1) is 11.3 Å². The Bertz CT molecular complexity index is 793. The number of carbonyl (C=O) groups is 1. The van der Waals surface area contributed by atoms with Gasteiger partial charge in [-0.2, -0.15) is 15.8 Å². The first-order valence-corrected chi connectivity index (χ1v) is 7.71. The standard InChI is InChI=1S/C14H11Cl3N4O3/c1-7(14(22)23)24-19-5-12-8(4-18)6-21(20-12)13-10(16)2-9(15)3-11(13)17/h2-3,6-7,19H,5H2,1H3,(H,22,23). The Morgan fingerprint density at radius 1 is 1.46 bits per heavy atom. The van der Waals surface area contributed by atoms with Crippen molar-refractivity contribution >= 4 is 40.8 Å². The molecule has 1 atom stereocenters. The second kappa shape index (κ2) is 7.83. The zero-order valence-electron chi connectivity index (χ0n) is 12.3. The number of hydrogen-bond acceptors (Lipinski definition) is 5. The van der Waals surface area contributed by atoms with Crippen LogP contribution in [0.3, 0.4) is 0 Å². The van der Waals surface area contributed by atoms with E-state index in [0.29, 0.717) is 16.4 Å². The molecule has 0 bridgehead atoms. The lowest BCUT2D eigenvalue weighted by molar-refractivity contribution is -0.154. The van der Waals surface area contributed by atoms with Gasteiger partial charge in [0.25, 0.3) is 0 Å². The molecule has 0 aliphatic rings. The molecule has 24 heavy (non-hydrogen) atoms. The number of hydroxylamine groups is 1. The molecule has 0 fully saturated rings. The zero-order valence-corrected chi connectivity index (χ0v) is 14.5. The zero-order chi connectivity index (χ0) is 17.9. The number of nitrogens with zero attached hydrogens (tertiary/aromatic N) is 3. The third-order valence-electron chi connectivity index (χ3n) is 2.97. The minimum atomic E-state index is -1.12. The third-order valence-corrected chi connectivity index (χ3v) is 3.76. The van der Waals surface area contributed by atoms with Crippen molar-refractivity contribution in [3.63, 3.8) is 0 Å². The molecular formula is C14H11Cl3N4O3. The van der Waals surface area contributed by atoms with Gasteiger partial charge in [0.15, 0.2) is 6.10 Å². The molecule has 0 radical (unpaired) electrons. The fraction of sp³-hybridized carbons (Fsp3) is 0.214. The monoisotopic (exact) mass is 388 g/mol. The van der Waals surface area contributed by atoms with Crippen LogP contribution in [0.1, 0.15) is 18.2 Å². The van der Waals surface area contributed by atoms with Gasteiger partial charge in [0.1, 0.15) is 11.8 Å². The van der Waals surface area contributed by atoms with Crippen LogP contribution in [0.25, 0.3) is 5.69 Å². The number of halogens is 3. The summed E-state index contributed by atoms with van der Waals surface area (Å²) in [6, 6.07) is 5.00. The quantitative estimate of drug-likeness (QED) is 0.736. The molecule has 1 aromatic carbocycles. The predicted molar refractivity (Wildman–Crippen MR) is 88.3 cm³/mol. The second-order valence-corrected chi connectivity index (χ2v) is 5.93. The van der Waals surface area contributed by atoms with Gasteiger partial charge in [-0.05, 0) is 19.1 Å². The van der Waals surface area contributed by atoms with E-state index in [2.05, 4.69) is 10.6 Å². The normalized spacial score (nSPS) is 12.0. The Hall–Kier alpha value is -1.82. The SMILES string of the molecule is CC(ONCc1nn(-c2c(Cl)cc(Cl)cc2Cl)cc1C#N)C(=O)O. The first-order valence-electron chi connectivity index (χ1n) is 6.58. The largest absolute Gasteiger partial charge is 0.479 e. The van der Waals surface area contributed by atoms with E-state index in [1.165, 1.54) is 29.9 Å². The molecule has 0 saturated heterocycles. The first-order chi connectivity index (χ1) is 11.3. The number of aliphatic carboxylic acids is 1. The molecule has 0 saturated carbocycles. The highest BCUT2D eigenvalue weighted by atomic mass is 35.5. The number of aromatic nitrogens is 2. The lowest BCUT2D eigenvalue weighted by Gasteiger charge is -2.09. The summed E-state index contributed by atoms with van der Waals surface area (Å²) in [4.78, 5) is 15.6. The van der Waals surface area contributed by atoms with Crippen LogP contribution in [0.4, 0.5) is 0 Å². The van der Waals surface area contributed by atoms with Crippen LogP contribution in [0.5, 0.6) is 0 Å². The molecule has 2 rings (SSSR count). The highest BCUT2D eigenvalue weighted by Crippen LogP contribution is 2.32. The van der Waals surface area contributed by atoms with E-state index in [0.717, 1.165) is 0 Å². The summed E-state index contributed by atoms with van der Waals surface area (Å²) in [7, 11) is 0. The van der Waals surface area contributed by atoms with E-state index in [9.17, 15) is 10.1 Å². The number of carboxylic acids is 1. The lowest BCUT2D eigenvalue weighted by atomic mass is 10.3. The van der Waals surface area contributed by atoms with Gasteiger partial charge < -0.3 is 5.11 Å². The molecule has 2 N–H and O–H groups in total. The molecule has 0 aliphatic heterocycles. The minimum absolute atomic E-state index is 0.0241. The predicted octanol–water partition coefficient (Wildman–Crippen LogP) is 3.20. The van der Waals surface area contributed by atoms with E-state index in [4.69, 9.17) is 44.7 Å². The maximum Gasteiger partial charge on any atom is 0.334 e. The average molecular weight is 390 g/mol. The van der Waals surface area contributed by atoms with Crippen LogP contribution < -0.4 is 5.48 Å². The summed E-state index contributed by atoms with van der Waals surface area (Å²) in [6.07, 6.45) is 0.413. The van der Waals surface area contributed by atoms with Crippen LogP contribution in [-0.4, -0.2) is 27.0 Å². The number of carboxylic acid groups (broad SMARTS) is 1. The van der Waals surface area contributed by atoms with E-state index in [1.807, 2.05) is 6.07 Å². The molecule has 0 spiro atoms. The van der Waals surface area contributed by atoms with Crippen molar-refractivity contribution in [3.8, 4) is 11.8 Å². The van der Waals surface area contributed by atoms with Crippen molar-refractivity contribution < 1.29 is 14.7 Å². The van der Waals surface area contributed by atoms with Gasteiger partial charge in [-0.15, -0.1) is 0 Å². The molecule has 0 amide bonds. The summed E-state index contributed by atoms with van der Waals surface area (Å²) in [5.41, 5.74) is 3.45. The molecule has 1 heterocycles. The molecule has 2 aromatic rings. The number of rotatable bonds is 6. The summed E-state index contributed by atoms with van der Waals surface area (Å²) in [5, 5.41) is 23.1.